The summed E-state index contributed by atoms with van der Waals surface area (Å²) in [6.45, 7) is 6.81. The molecule has 4 aromatic rings. The molecule has 30 heavy (non-hydrogen) atoms. The van der Waals surface area contributed by atoms with Crippen molar-refractivity contribution in [2.45, 2.75) is 20.8 Å². The molecular weight excluding hydrogens is 398 g/mol. The Bertz CT molecular complexity index is 1310. The van der Waals surface area contributed by atoms with Gasteiger partial charge < -0.3 is 9.47 Å². The monoisotopic (exact) mass is 421 g/mol. The smallest absolute Gasteiger partial charge is 0.291 e. The Labute approximate surface area is 178 Å². The second-order valence-electron chi connectivity index (χ2n) is 7.53. The highest BCUT2D eigenvalue weighted by Gasteiger charge is 2.12. The summed E-state index contributed by atoms with van der Waals surface area (Å²) in [4.78, 5) is 17.9. The fourth-order valence-corrected chi connectivity index (χ4v) is 3.95. The Kier molecular flexibility index (Phi) is 5.55. The van der Waals surface area contributed by atoms with Gasteiger partial charge in [0.25, 0.3) is 5.56 Å². The van der Waals surface area contributed by atoms with E-state index in [1.807, 2.05) is 55.5 Å². The number of hydrogen-bond acceptors (Lipinski definition) is 6. The van der Waals surface area contributed by atoms with E-state index in [1.165, 1.54) is 15.9 Å². The third-order valence-electron chi connectivity index (χ3n) is 4.52. The molecule has 0 aliphatic rings. The molecule has 0 aliphatic heterocycles. The van der Waals surface area contributed by atoms with E-state index in [0.29, 0.717) is 39.3 Å². The van der Waals surface area contributed by atoms with Crippen LogP contribution in [-0.2, 0) is 0 Å². The number of rotatable bonds is 6. The van der Waals surface area contributed by atoms with Gasteiger partial charge in [-0.25, -0.2) is 0 Å². The van der Waals surface area contributed by atoms with Crippen molar-refractivity contribution in [2.75, 3.05) is 13.7 Å². The lowest BCUT2D eigenvalue weighted by Gasteiger charge is -2.12. The van der Waals surface area contributed by atoms with Crippen molar-refractivity contribution in [1.82, 2.24) is 14.6 Å². The number of aromatic nitrogens is 3. The van der Waals surface area contributed by atoms with E-state index in [4.69, 9.17) is 9.47 Å². The number of aryl methyl sites for hydroxylation is 1. The van der Waals surface area contributed by atoms with Crippen molar-refractivity contribution >= 4 is 22.4 Å². The number of ether oxygens (including phenoxy) is 2. The van der Waals surface area contributed by atoms with E-state index in [1.54, 1.807) is 7.11 Å². The van der Waals surface area contributed by atoms with Crippen molar-refractivity contribution in [1.29, 1.82) is 0 Å². The average molecular weight is 422 g/mol. The maximum Gasteiger partial charge on any atom is 0.291 e. The van der Waals surface area contributed by atoms with Crippen molar-refractivity contribution in [2.24, 2.45) is 5.92 Å². The SMILES string of the molecule is COc1cc(/C=c2\sc3nc(-c4cccc(C)c4)nn3c2=O)ccc1OCC(C)C. The van der Waals surface area contributed by atoms with Gasteiger partial charge in [0, 0.05) is 5.56 Å². The fraction of sp³-hybridized carbons (Fsp3) is 0.261. The molecule has 0 aliphatic carbocycles. The van der Waals surface area contributed by atoms with Crippen LogP contribution in [0.5, 0.6) is 11.5 Å². The van der Waals surface area contributed by atoms with Gasteiger partial charge in [0.05, 0.1) is 18.2 Å². The zero-order valence-corrected chi connectivity index (χ0v) is 18.2. The molecule has 0 fully saturated rings. The van der Waals surface area contributed by atoms with Gasteiger partial charge in [-0.15, -0.1) is 5.10 Å². The molecule has 2 aromatic carbocycles. The summed E-state index contributed by atoms with van der Waals surface area (Å²) in [6.07, 6.45) is 1.82. The molecule has 0 N–H and O–H groups in total. The fourth-order valence-electron chi connectivity index (χ4n) is 3.04. The van der Waals surface area contributed by atoms with Crippen LogP contribution in [0.1, 0.15) is 25.0 Å². The van der Waals surface area contributed by atoms with Crippen LogP contribution in [0.25, 0.3) is 22.4 Å². The highest BCUT2D eigenvalue weighted by Crippen LogP contribution is 2.28. The Morgan fingerprint density at radius 2 is 2.00 bits per heavy atom. The van der Waals surface area contributed by atoms with Gasteiger partial charge in [-0.1, -0.05) is 55.0 Å². The molecule has 4 rings (SSSR count). The lowest BCUT2D eigenvalue weighted by atomic mass is 10.1. The minimum Gasteiger partial charge on any atom is -0.493 e. The predicted octanol–water partition coefficient (Wildman–Crippen LogP) is 3.72. The molecule has 7 heteroatoms. The van der Waals surface area contributed by atoms with Crippen LogP contribution < -0.4 is 19.6 Å². The highest BCUT2D eigenvalue weighted by atomic mass is 32.1. The summed E-state index contributed by atoms with van der Waals surface area (Å²) in [5, 5.41) is 4.41. The van der Waals surface area contributed by atoms with Gasteiger partial charge in [-0.05, 0) is 42.7 Å². The van der Waals surface area contributed by atoms with Crippen molar-refractivity contribution in [3.63, 3.8) is 0 Å². The van der Waals surface area contributed by atoms with Crippen LogP contribution in [-0.4, -0.2) is 28.3 Å². The van der Waals surface area contributed by atoms with E-state index in [-0.39, 0.29) is 5.56 Å². The average Bonchev–Trinajstić information content (AvgIpc) is 3.26. The van der Waals surface area contributed by atoms with Crippen LogP contribution in [0, 0.1) is 12.8 Å². The number of nitrogens with zero attached hydrogens (tertiary/aromatic N) is 3. The van der Waals surface area contributed by atoms with Crippen molar-refractivity contribution in [3.8, 4) is 22.9 Å². The van der Waals surface area contributed by atoms with Gasteiger partial charge >= 0.3 is 0 Å². The third-order valence-corrected chi connectivity index (χ3v) is 5.47. The number of benzene rings is 2. The Morgan fingerprint density at radius 3 is 2.70 bits per heavy atom. The number of methoxy groups -OCH3 is 1. The molecule has 0 saturated heterocycles. The maximum atomic E-state index is 12.8. The van der Waals surface area contributed by atoms with Gasteiger partial charge in [-0.3, -0.25) is 4.79 Å². The van der Waals surface area contributed by atoms with E-state index < -0.39 is 0 Å². The summed E-state index contributed by atoms with van der Waals surface area (Å²) >= 11 is 1.32. The molecule has 6 nitrogen and oxygen atoms in total. The highest BCUT2D eigenvalue weighted by molar-refractivity contribution is 7.15. The largest absolute Gasteiger partial charge is 0.493 e. The van der Waals surface area contributed by atoms with Crippen LogP contribution in [0.2, 0.25) is 0 Å². The van der Waals surface area contributed by atoms with Crippen LogP contribution >= 0.6 is 11.3 Å². The first kappa shape index (κ1) is 20.1. The second kappa shape index (κ2) is 8.28. The number of fused-ring (bicyclic) bond motifs is 1. The third kappa shape index (κ3) is 4.07. The first-order valence-electron chi connectivity index (χ1n) is 9.74. The van der Waals surface area contributed by atoms with E-state index >= 15 is 0 Å². The zero-order valence-electron chi connectivity index (χ0n) is 17.4. The molecule has 2 heterocycles. The molecule has 0 atom stereocenters. The van der Waals surface area contributed by atoms with Gasteiger partial charge in [-0.2, -0.15) is 9.50 Å². The Balaban J connectivity index is 1.68. The zero-order chi connectivity index (χ0) is 21.3. The van der Waals surface area contributed by atoms with Crippen LogP contribution in [0.15, 0.2) is 47.3 Å². The van der Waals surface area contributed by atoms with Crippen LogP contribution in [0.3, 0.4) is 0 Å². The molecule has 0 amide bonds. The molecular formula is C23H23N3O3S. The molecule has 0 unspecified atom stereocenters. The molecule has 2 aromatic heterocycles. The van der Waals surface area contributed by atoms with Gasteiger partial charge in [0.2, 0.25) is 4.96 Å². The topological polar surface area (TPSA) is 65.7 Å². The number of hydrogen-bond donors (Lipinski definition) is 0. The Morgan fingerprint density at radius 1 is 1.17 bits per heavy atom. The lowest BCUT2D eigenvalue weighted by Crippen LogP contribution is -2.23. The molecule has 154 valence electrons. The minimum absolute atomic E-state index is 0.180. The first-order valence-corrected chi connectivity index (χ1v) is 10.6. The first-order chi connectivity index (χ1) is 14.4. The van der Waals surface area contributed by atoms with Gasteiger partial charge in [0.15, 0.2) is 17.3 Å². The van der Waals surface area contributed by atoms with Crippen molar-refractivity contribution in [3.05, 3.63) is 68.5 Å². The number of thiazole rings is 1. The summed E-state index contributed by atoms with van der Waals surface area (Å²) in [5.74, 6) is 2.31. The maximum absolute atomic E-state index is 12.8. The minimum atomic E-state index is -0.180. The van der Waals surface area contributed by atoms with E-state index in [2.05, 4.69) is 23.9 Å². The molecule has 0 spiro atoms. The quantitative estimate of drug-likeness (QED) is 0.475. The van der Waals surface area contributed by atoms with E-state index in [0.717, 1.165) is 16.7 Å². The van der Waals surface area contributed by atoms with E-state index in [9.17, 15) is 4.79 Å². The molecule has 0 bridgehead atoms. The normalized spacial score (nSPS) is 12.1. The lowest BCUT2D eigenvalue weighted by molar-refractivity contribution is 0.257. The standard InChI is InChI=1S/C23H23N3O3S/c1-14(2)13-29-18-9-8-16(11-19(18)28-4)12-20-22(27)26-23(30-20)24-21(25-26)17-7-5-6-15(3)10-17/h5-12,14H,13H2,1-4H3/b20-12-. The summed E-state index contributed by atoms with van der Waals surface area (Å²) in [7, 11) is 1.61. The summed E-state index contributed by atoms with van der Waals surface area (Å²) in [5.41, 5.74) is 2.69. The molecule has 0 radical (unpaired) electrons. The van der Waals surface area contributed by atoms with Gasteiger partial charge in [0.1, 0.15) is 0 Å². The molecule has 0 saturated carbocycles. The predicted molar refractivity (Wildman–Crippen MR) is 119 cm³/mol. The summed E-state index contributed by atoms with van der Waals surface area (Å²) in [6, 6.07) is 13.6. The summed E-state index contributed by atoms with van der Waals surface area (Å²) < 4.78 is 13.2. The van der Waals surface area contributed by atoms with Crippen LogP contribution in [0.4, 0.5) is 0 Å². The second-order valence-corrected chi connectivity index (χ2v) is 8.54. The Hall–Kier alpha value is -3.19. The van der Waals surface area contributed by atoms with Crippen molar-refractivity contribution < 1.29 is 9.47 Å².